The van der Waals surface area contributed by atoms with Crippen LogP contribution in [-0.2, 0) is 26.9 Å². The Balaban J connectivity index is 1.47. The number of benzene rings is 1. The summed E-state index contributed by atoms with van der Waals surface area (Å²) in [5.74, 6) is 0.0971. The van der Waals surface area contributed by atoms with E-state index in [1.807, 2.05) is 18.2 Å². The second kappa shape index (κ2) is 10.6. The number of piperidine rings is 1. The molecule has 2 aliphatic rings. The number of likely N-dealkylation sites (tertiary alicyclic amines) is 1. The van der Waals surface area contributed by atoms with Gasteiger partial charge in [0.25, 0.3) is 0 Å². The number of aromatic nitrogens is 2. The smallest absolute Gasteiger partial charge is 0.232 e. The van der Waals surface area contributed by atoms with Gasteiger partial charge in [-0.3, -0.25) is 19.1 Å². The van der Waals surface area contributed by atoms with Crippen LogP contribution in [0.25, 0.3) is 0 Å². The highest BCUT2D eigenvalue weighted by molar-refractivity contribution is 7.92. The van der Waals surface area contributed by atoms with Crippen molar-refractivity contribution < 1.29 is 18.3 Å². The molecule has 1 amide bonds. The van der Waals surface area contributed by atoms with E-state index >= 15 is 0 Å². The van der Waals surface area contributed by atoms with Crippen LogP contribution in [-0.4, -0.2) is 53.0 Å². The number of nitrogens with zero attached hydrogens (tertiary/aromatic N) is 4. The lowest BCUT2D eigenvalue weighted by Gasteiger charge is -2.40. The highest BCUT2D eigenvalue weighted by Gasteiger charge is 2.39. The van der Waals surface area contributed by atoms with E-state index in [1.165, 1.54) is 0 Å². The van der Waals surface area contributed by atoms with Crippen molar-refractivity contribution >= 4 is 27.4 Å². The summed E-state index contributed by atoms with van der Waals surface area (Å²) >= 11 is 0. The normalized spacial score (nSPS) is 18.8. The first-order valence-electron chi connectivity index (χ1n) is 12.2. The second-order valence-corrected chi connectivity index (χ2v) is 11.6. The SMILES string of the molecule is CCS(=O)(=O)Nc1cccc(CN2CCC(CC#N)(n3cc(C(N)O)c(NC(=O)C4CC4)n3)CC2)c1. The van der Waals surface area contributed by atoms with Gasteiger partial charge in [-0.15, -0.1) is 0 Å². The lowest BCUT2D eigenvalue weighted by molar-refractivity contribution is -0.117. The quantitative estimate of drug-likeness (QED) is 0.348. The molecule has 36 heavy (non-hydrogen) atoms. The zero-order valence-electron chi connectivity index (χ0n) is 20.4. The van der Waals surface area contributed by atoms with Crippen molar-refractivity contribution in [1.29, 1.82) is 5.26 Å². The number of rotatable bonds is 10. The van der Waals surface area contributed by atoms with Gasteiger partial charge in [-0.1, -0.05) is 12.1 Å². The number of carbonyl (C=O) groups is 1. The molecule has 1 unspecified atom stereocenters. The van der Waals surface area contributed by atoms with Crippen LogP contribution in [0.2, 0.25) is 0 Å². The fraction of sp³-hybridized carbons (Fsp3) is 0.542. The molecule has 0 spiro atoms. The van der Waals surface area contributed by atoms with E-state index in [4.69, 9.17) is 5.73 Å². The van der Waals surface area contributed by atoms with Crippen molar-refractivity contribution in [3.8, 4) is 6.07 Å². The standard InChI is InChI=1S/C24H33N7O4S/c1-2-36(34,35)29-19-5-3-4-17(14-19)15-30-12-9-24(8-11-25,10-13-30)31-16-20(21(26)32)22(28-31)27-23(33)18-6-7-18/h3-5,14,16,18,21,29,32H,2,6-10,12-13,15,26H2,1H3,(H,27,28,33). The van der Waals surface area contributed by atoms with Crippen LogP contribution in [0.3, 0.4) is 0 Å². The number of hydrogen-bond acceptors (Lipinski definition) is 8. The molecule has 2 fully saturated rings. The fourth-order valence-electron chi connectivity index (χ4n) is 4.51. The number of nitrogens with one attached hydrogen (secondary N) is 2. The van der Waals surface area contributed by atoms with E-state index < -0.39 is 21.8 Å². The third-order valence-corrected chi connectivity index (χ3v) is 8.23. The van der Waals surface area contributed by atoms with Gasteiger partial charge in [0, 0.05) is 37.4 Å². The molecule has 5 N–H and O–H groups in total. The van der Waals surface area contributed by atoms with Crippen molar-refractivity contribution in [1.82, 2.24) is 14.7 Å². The van der Waals surface area contributed by atoms with Crippen LogP contribution in [0.5, 0.6) is 0 Å². The first-order chi connectivity index (χ1) is 17.1. The lowest BCUT2D eigenvalue weighted by atomic mass is 9.84. The number of anilines is 2. The van der Waals surface area contributed by atoms with Crippen LogP contribution in [0, 0.1) is 17.2 Å². The minimum absolute atomic E-state index is 0.00658. The molecule has 4 rings (SSSR count). The summed E-state index contributed by atoms with van der Waals surface area (Å²) in [6.45, 7) is 3.61. The Bertz CT molecular complexity index is 1240. The number of aliphatic hydroxyl groups is 1. The Kier molecular flexibility index (Phi) is 7.65. The number of nitrogens with two attached hydrogens (primary N) is 1. The molecule has 12 heteroatoms. The predicted molar refractivity (Wildman–Crippen MR) is 135 cm³/mol. The minimum atomic E-state index is -3.35. The third kappa shape index (κ3) is 6.04. The minimum Gasteiger partial charge on any atom is -0.374 e. The zero-order chi connectivity index (χ0) is 25.9. The molecule has 2 aromatic rings. The highest BCUT2D eigenvalue weighted by Crippen LogP contribution is 2.36. The molecule has 1 aromatic heterocycles. The van der Waals surface area contributed by atoms with Gasteiger partial charge < -0.3 is 16.2 Å². The summed E-state index contributed by atoms with van der Waals surface area (Å²) in [6, 6.07) is 9.62. The van der Waals surface area contributed by atoms with Crippen LogP contribution >= 0.6 is 0 Å². The summed E-state index contributed by atoms with van der Waals surface area (Å²) < 4.78 is 28.1. The number of aliphatic hydroxyl groups excluding tert-OH is 1. The van der Waals surface area contributed by atoms with Gasteiger partial charge in [0.1, 0.15) is 6.23 Å². The first-order valence-corrected chi connectivity index (χ1v) is 13.8. The van der Waals surface area contributed by atoms with E-state index in [1.54, 1.807) is 23.9 Å². The van der Waals surface area contributed by atoms with Gasteiger partial charge in [0.05, 0.1) is 29.3 Å². The Labute approximate surface area is 211 Å². The van der Waals surface area contributed by atoms with Gasteiger partial charge in [0.15, 0.2) is 5.82 Å². The number of carbonyl (C=O) groups excluding carboxylic acids is 1. The molecule has 1 saturated heterocycles. The van der Waals surface area contributed by atoms with Gasteiger partial charge in [-0.25, -0.2) is 8.42 Å². The Hall–Kier alpha value is -2.98. The largest absolute Gasteiger partial charge is 0.374 e. The van der Waals surface area contributed by atoms with Crippen molar-refractivity contribution in [3.63, 3.8) is 0 Å². The van der Waals surface area contributed by atoms with Gasteiger partial charge in [0.2, 0.25) is 15.9 Å². The molecule has 0 bridgehead atoms. The average Bonchev–Trinajstić information content (AvgIpc) is 3.60. The molecule has 1 aliphatic heterocycles. The summed E-state index contributed by atoms with van der Waals surface area (Å²) in [4.78, 5) is 14.5. The molecular formula is C24H33N7O4S. The Morgan fingerprint density at radius 2 is 2.08 bits per heavy atom. The Morgan fingerprint density at radius 1 is 1.36 bits per heavy atom. The summed E-state index contributed by atoms with van der Waals surface area (Å²) in [5.41, 5.74) is 7.01. The molecule has 2 heterocycles. The molecule has 1 aliphatic carbocycles. The molecule has 0 radical (unpaired) electrons. The molecule has 11 nitrogen and oxygen atoms in total. The summed E-state index contributed by atoms with van der Waals surface area (Å²) in [5, 5.41) is 27.0. The fourth-order valence-corrected chi connectivity index (χ4v) is 5.14. The van der Waals surface area contributed by atoms with Crippen LogP contribution in [0.15, 0.2) is 30.5 Å². The first kappa shape index (κ1) is 26.1. The number of hydrogen-bond donors (Lipinski definition) is 4. The number of nitriles is 1. The summed E-state index contributed by atoms with van der Waals surface area (Å²) in [6.07, 6.45) is 3.53. The maximum atomic E-state index is 12.3. The van der Waals surface area contributed by atoms with Gasteiger partial charge >= 0.3 is 0 Å². The Morgan fingerprint density at radius 3 is 2.69 bits per heavy atom. The highest BCUT2D eigenvalue weighted by atomic mass is 32.2. The van der Waals surface area contributed by atoms with E-state index in [0.29, 0.717) is 43.7 Å². The van der Waals surface area contributed by atoms with Crippen LogP contribution < -0.4 is 15.8 Å². The topological polar surface area (TPSA) is 166 Å². The zero-order valence-corrected chi connectivity index (χ0v) is 21.2. The molecule has 1 atom stereocenters. The van der Waals surface area contributed by atoms with Gasteiger partial charge in [-0.2, -0.15) is 10.4 Å². The number of sulfonamides is 1. The van der Waals surface area contributed by atoms with E-state index in [2.05, 4.69) is 26.1 Å². The van der Waals surface area contributed by atoms with E-state index in [-0.39, 0.29) is 29.8 Å². The van der Waals surface area contributed by atoms with Crippen molar-refractivity contribution in [2.45, 2.75) is 57.3 Å². The number of amides is 1. The predicted octanol–water partition coefficient (Wildman–Crippen LogP) is 1.85. The monoisotopic (exact) mass is 515 g/mol. The van der Waals surface area contributed by atoms with Gasteiger partial charge in [-0.05, 0) is 50.3 Å². The third-order valence-electron chi connectivity index (χ3n) is 6.92. The van der Waals surface area contributed by atoms with Crippen molar-refractivity contribution in [3.05, 3.63) is 41.6 Å². The van der Waals surface area contributed by atoms with Crippen molar-refractivity contribution in [2.75, 3.05) is 28.9 Å². The second-order valence-electron chi connectivity index (χ2n) is 9.63. The average molecular weight is 516 g/mol. The summed E-state index contributed by atoms with van der Waals surface area (Å²) in [7, 11) is -3.35. The van der Waals surface area contributed by atoms with Crippen LogP contribution in [0.1, 0.15) is 56.4 Å². The maximum Gasteiger partial charge on any atom is 0.232 e. The van der Waals surface area contributed by atoms with Crippen LogP contribution in [0.4, 0.5) is 11.5 Å². The molecular weight excluding hydrogens is 482 g/mol. The van der Waals surface area contributed by atoms with E-state index in [9.17, 15) is 23.6 Å². The molecule has 1 aromatic carbocycles. The van der Waals surface area contributed by atoms with E-state index in [0.717, 1.165) is 18.4 Å². The molecule has 194 valence electrons. The van der Waals surface area contributed by atoms with Crippen molar-refractivity contribution in [2.24, 2.45) is 11.7 Å². The molecule has 1 saturated carbocycles. The lowest BCUT2D eigenvalue weighted by Crippen LogP contribution is -2.46. The maximum absolute atomic E-state index is 12.3.